The van der Waals surface area contributed by atoms with Gasteiger partial charge in [-0.3, -0.25) is 9.69 Å². The van der Waals surface area contributed by atoms with Crippen LogP contribution in [0.4, 0.5) is 8.78 Å². The molecule has 0 spiro atoms. The topological polar surface area (TPSA) is 23.6 Å². The lowest BCUT2D eigenvalue weighted by atomic mass is 10.1. The third-order valence-electron chi connectivity index (χ3n) is 5.63. The largest absolute Gasteiger partial charge is 0.341 e. The van der Waals surface area contributed by atoms with Gasteiger partial charge in [0.1, 0.15) is 11.6 Å². The first-order valence-electron chi connectivity index (χ1n) is 9.62. The molecule has 1 aliphatic carbocycles. The van der Waals surface area contributed by atoms with Crippen molar-refractivity contribution in [2.45, 2.75) is 25.3 Å². The molecule has 5 heteroatoms. The summed E-state index contributed by atoms with van der Waals surface area (Å²) in [6.45, 7) is 3.94. The van der Waals surface area contributed by atoms with Gasteiger partial charge in [-0.05, 0) is 48.1 Å². The zero-order valence-corrected chi connectivity index (χ0v) is 15.3. The molecule has 2 atom stereocenters. The Morgan fingerprint density at radius 2 is 1.74 bits per heavy atom. The maximum absolute atomic E-state index is 14.0. The number of carbonyl (C=O) groups is 1. The number of benzene rings is 2. The first kappa shape index (κ1) is 18.1. The average molecular weight is 370 g/mol. The number of halogens is 2. The molecule has 2 unspecified atom stereocenters. The second kappa shape index (κ2) is 7.77. The van der Waals surface area contributed by atoms with E-state index in [0.717, 1.165) is 44.6 Å². The van der Waals surface area contributed by atoms with Crippen LogP contribution < -0.4 is 0 Å². The fourth-order valence-electron chi connectivity index (χ4n) is 4.02. The van der Waals surface area contributed by atoms with E-state index in [1.165, 1.54) is 18.2 Å². The number of nitrogens with zero attached hydrogens (tertiary/aromatic N) is 2. The Morgan fingerprint density at radius 3 is 2.52 bits per heavy atom. The summed E-state index contributed by atoms with van der Waals surface area (Å²) in [5.41, 5.74) is 1.75. The summed E-state index contributed by atoms with van der Waals surface area (Å²) in [5, 5.41) is 0. The van der Waals surface area contributed by atoms with Crippen LogP contribution in [0.1, 0.15) is 29.9 Å². The molecule has 1 saturated carbocycles. The number of hydrogen-bond donors (Lipinski definition) is 0. The quantitative estimate of drug-likeness (QED) is 0.817. The number of amides is 1. The minimum Gasteiger partial charge on any atom is -0.341 e. The van der Waals surface area contributed by atoms with E-state index in [1.54, 1.807) is 12.1 Å². The summed E-state index contributed by atoms with van der Waals surface area (Å²) in [6.07, 6.45) is 1.67. The number of rotatable bonds is 4. The van der Waals surface area contributed by atoms with Crippen LogP contribution >= 0.6 is 0 Å². The molecule has 0 radical (unpaired) electrons. The first-order valence-corrected chi connectivity index (χ1v) is 9.62. The summed E-state index contributed by atoms with van der Waals surface area (Å²) in [5.74, 6) is -0.325. The van der Waals surface area contributed by atoms with Crippen LogP contribution in [0.15, 0.2) is 48.5 Å². The normalized spacial score (nSPS) is 23.1. The van der Waals surface area contributed by atoms with Gasteiger partial charge in [0, 0.05) is 38.6 Å². The molecule has 2 aromatic carbocycles. The molecule has 4 rings (SSSR count). The summed E-state index contributed by atoms with van der Waals surface area (Å²) < 4.78 is 27.0. The lowest BCUT2D eigenvalue weighted by Crippen LogP contribution is -2.36. The van der Waals surface area contributed by atoms with Crippen molar-refractivity contribution in [3.8, 4) is 0 Å². The van der Waals surface area contributed by atoms with Crippen LogP contribution in [0.3, 0.4) is 0 Å². The van der Waals surface area contributed by atoms with E-state index >= 15 is 0 Å². The second-order valence-electron chi connectivity index (χ2n) is 7.55. The molecule has 1 saturated heterocycles. The van der Waals surface area contributed by atoms with Crippen LogP contribution in [0.2, 0.25) is 0 Å². The van der Waals surface area contributed by atoms with Crippen LogP contribution in [-0.4, -0.2) is 41.9 Å². The molecule has 2 fully saturated rings. The maximum atomic E-state index is 14.0. The van der Waals surface area contributed by atoms with Crippen LogP contribution in [0, 0.1) is 17.6 Å². The summed E-state index contributed by atoms with van der Waals surface area (Å²) in [4.78, 5) is 17.1. The van der Waals surface area contributed by atoms with Gasteiger partial charge in [0.2, 0.25) is 5.91 Å². The third-order valence-corrected chi connectivity index (χ3v) is 5.63. The summed E-state index contributed by atoms with van der Waals surface area (Å²) in [6, 6.07) is 13.4. The van der Waals surface area contributed by atoms with E-state index < -0.39 is 0 Å². The zero-order chi connectivity index (χ0) is 18.8. The van der Waals surface area contributed by atoms with Gasteiger partial charge in [0.15, 0.2) is 0 Å². The predicted octanol–water partition coefficient (Wildman–Crippen LogP) is 3.80. The molecule has 1 aliphatic heterocycles. The highest BCUT2D eigenvalue weighted by Gasteiger charge is 2.46. The van der Waals surface area contributed by atoms with E-state index in [-0.39, 0.29) is 29.4 Å². The Kier molecular flexibility index (Phi) is 5.21. The molecule has 0 aromatic heterocycles. The minimum absolute atomic E-state index is 0.0253. The third kappa shape index (κ3) is 4.19. The SMILES string of the molecule is O=C(C1CC1c1ccccc1F)N1CCCN(Cc2ccc(F)cc2)CC1. The van der Waals surface area contributed by atoms with Gasteiger partial charge in [-0.25, -0.2) is 8.78 Å². The Hall–Kier alpha value is -2.27. The van der Waals surface area contributed by atoms with E-state index in [4.69, 9.17) is 0 Å². The minimum atomic E-state index is -0.222. The lowest BCUT2D eigenvalue weighted by Gasteiger charge is -2.22. The van der Waals surface area contributed by atoms with E-state index in [2.05, 4.69) is 4.90 Å². The van der Waals surface area contributed by atoms with Gasteiger partial charge < -0.3 is 4.90 Å². The second-order valence-corrected chi connectivity index (χ2v) is 7.55. The van der Waals surface area contributed by atoms with Crippen LogP contribution in [-0.2, 0) is 11.3 Å². The van der Waals surface area contributed by atoms with Crippen molar-refractivity contribution in [3.63, 3.8) is 0 Å². The molecule has 0 N–H and O–H groups in total. The van der Waals surface area contributed by atoms with Crippen LogP contribution in [0.25, 0.3) is 0 Å². The lowest BCUT2D eigenvalue weighted by molar-refractivity contribution is -0.132. The van der Waals surface area contributed by atoms with Gasteiger partial charge >= 0.3 is 0 Å². The molecule has 2 aromatic rings. The van der Waals surface area contributed by atoms with Gasteiger partial charge in [-0.15, -0.1) is 0 Å². The van der Waals surface area contributed by atoms with Crippen molar-refractivity contribution in [1.29, 1.82) is 0 Å². The van der Waals surface area contributed by atoms with Gasteiger partial charge in [-0.1, -0.05) is 30.3 Å². The Labute approximate surface area is 158 Å². The Morgan fingerprint density at radius 1 is 0.963 bits per heavy atom. The Balaban J connectivity index is 1.32. The predicted molar refractivity (Wildman–Crippen MR) is 100 cm³/mol. The van der Waals surface area contributed by atoms with Crippen molar-refractivity contribution in [3.05, 3.63) is 71.3 Å². The summed E-state index contributed by atoms with van der Waals surface area (Å²) >= 11 is 0. The monoisotopic (exact) mass is 370 g/mol. The molecular weight excluding hydrogens is 346 g/mol. The fraction of sp³-hybridized carbons (Fsp3) is 0.409. The molecule has 0 bridgehead atoms. The van der Waals surface area contributed by atoms with E-state index in [1.807, 2.05) is 23.1 Å². The highest BCUT2D eigenvalue weighted by atomic mass is 19.1. The van der Waals surface area contributed by atoms with Crippen molar-refractivity contribution in [1.82, 2.24) is 9.80 Å². The highest BCUT2D eigenvalue weighted by molar-refractivity contribution is 5.83. The van der Waals surface area contributed by atoms with Gasteiger partial charge in [0.25, 0.3) is 0 Å². The number of carbonyl (C=O) groups excluding carboxylic acids is 1. The standard InChI is InChI=1S/C22H24F2N2O/c23-17-8-6-16(7-9-17)15-25-10-3-11-26(13-12-25)22(27)20-14-19(20)18-4-1-2-5-21(18)24/h1-2,4-9,19-20H,3,10-15H2. The average Bonchev–Trinajstić information content (AvgIpc) is 3.48. The molecular formula is C22H24F2N2O. The molecule has 142 valence electrons. The highest BCUT2D eigenvalue weighted by Crippen LogP contribution is 2.49. The van der Waals surface area contributed by atoms with E-state index in [9.17, 15) is 13.6 Å². The fourth-order valence-corrected chi connectivity index (χ4v) is 4.02. The molecule has 27 heavy (non-hydrogen) atoms. The van der Waals surface area contributed by atoms with Crippen molar-refractivity contribution in [2.75, 3.05) is 26.2 Å². The van der Waals surface area contributed by atoms with Crippen molar-refractivity contribution < 1.29 is 13.6 Å². The Bertz CT molecular complexity index is 808. The first-order chi connectivity index (χ1) is 13.1. The molecule has 2 aliphatic rings. The summed E-state index contributed by atoms with van der Waals surface area (Å²) in [7, 11) is 0. The van der Waals surface area contributed by atoms with Crippen molar-refractivity contribution >= 4 is 5.91 Å². The molecule has 1 amide bonds. The van der Waals surface area contributed by atoms with Crippen LogP contribution in [0.5, 0.6) is 0 Å². The molecule has 3 nitrogen and oxygen atoms in total. The zero-order valence-electron chi connectivity index (χ0n) is 15.3. The molecule has 1 heterocycles. The maximum Gasteiger partial charge on any atom is 0.226 e. The number of hydrogen-bond acceptors (Lipinski definition) is 2. The van der Waals surface area contributed by atoms with Gasteiger partial charge in [0.05, 0.1) is 0 Å². The smallest absolute Gasteiger partial charge is 0.226 e. The van der Waals surface area contributed by atoms with Crippen molar-refractivity contribution in [2.24, 2.45) is 5.92 Å². The van der Waals surface area contributed by atoms with Gasteiger partial charge in [-0.2, -0.15) is 0 Å². The van der Waals surface area contributed by atoms with E-state index in [0.29, 0.717) is 12.1 Å².